The average Bonchev–Trinajstić information content (AvgIpc) is 2.78. The second kappa shape index (κ2) is 5.89. The number of nitrogens with one attached hydrogen (secondary N) is 1. The number of furan rings is 1. The van der Waals surface area contributed by atoms with Gasteiger partial charge in [-0.2, -0.15) is 0 Å². The second-order valence-electron chi connectivity index (χ2n) is 4.97. The van der Waals surface area contributed by atoms with Crippen LogP contribution >= 0.6 is 15.9 Å². The molecule has 2 atom stereocenters. The zero-order chi connectivity index (χ0) is 13.1. The minimum atomic E-state index is 0.255. The van der Waals surface area contributed by atoms with Crippen molar-refractivity contribution in [2.75, 3.05) is 6.54 Å². The molecule has 1 N–H and O–H groups in total. The van der Waals surface area contributed by atoms with Crippen LogP contribution in [-0.4, -0.2) is 6.54 Å². The SMILES string of the molecule is CCC(C)CNC(C)c1cc2cc(Br)ccc2o1. The summed E-state index contributed by atoms with van der Waals surface area (Å²) in [6.45, 7) is 7.65. The molecule has 1 aromatic heterocycles. The average molecular weight is 310 g/mol. The van der Waals surface area contributed by atoms with Crippen molar-refractivity contribution in [3.05, 3.63) is 34.5 Å². The number of halogens is 1. The van der Waals surface area contributed by atoms with Crippen LogP contribution in [0.1, 0.15) is 39.0 Å². The molecule has 0 aliphatic rings. The van der Waals surface area contributed by atoms with Crippen LogP contribution in [0.15, 0.2) is 33.2 Å². The Bertz CT molecular complexity index is 520. The second-order valence-corrected chi connectivity index (χ2v) is 5.89. The first-order chi connectivity index (χ1) is 8.60. The van der Waals surface area contributed by atoms with E-state index in [1.807, 2.05) is 12.1 Å². The predicted octanol–water partition coefficient (Wildman–Crippen LogP) is 4.89. The van der Waals surface area contributed by atoms with Crippen molar-refractivity contribution in [3.63, 3.8) is 0 Å². The van der Waals surface area contributed by atoms with Gasteiger partial charge in [0.2, 0.25) is 0 Å². The van der Waals surface area contributed by atoms with E-state index in [0.29, 0.717) is 5.92 Å². The third-order valence-electron chi connectivity index (χ3n) is 3.39. The monoisotopic (exact) mass is 309 g/mol. The van der Waals surface area contributed by atoms with Crippen molar-refractivity contribution in [1.82, 2.24) is 5.32 Å². The van der Waals surface area contributed by atoms with E-state index in [4.69, 9.17) is 4.42 Å². The summed E-state index contributed by atoms with van der Waals surface area (Å²) in [5.74, 6) is 1.71. The summed E-state index contributed by atoms with van der Waals surface area (Å²) >= 11 is 3.48. The molecule has 1 aromatic carbocycles. The van der Waals surface area contributed by atoms with Gasteiger partial charge in [-0.1, -0.05) is 36.2 Å². The minimum absolute atomic E-state index is 0.255. The van der Waals surface area contributed by atoms with Gasteiger partial charge in [0.25, 0.3) is 0 Å². The summed E-state index contributed by atoms with van der Waals surface area (Å²) in [4.78, 5) is 0. The van der Waals surface area contributed by atoms with Gasteiger partial charge in [0.15, 0.2) is 0 Å². The van der Waals surface area contributed by atoms with E-state index in [0.717, 1.165) is 27.7 Å². The lowest BCUT2D eigenvalue weighted by molar-refractivity contribution is 0.411. The molecule has 2 nitrogen and oxygen atoms in total. The molecule has 0 bridgehead atoms. The summed E-state index contributed by atoms with van der Waals surface area (Å²) in [5.41, 5.74) is 0.949. The zero-order valence-corrected chi connectivity index (χ0v) is 12.8. The Hall–Kier alpha value is -0.800. The maximum atomic E-state index is 5.87. The fourth-order valence-corrected chi connectivity index (χ4v) is 2.25. The highest BCUT2D eigenvalue weighted by atomic mass is 79.9. The molecule has 2 unspecified atom stereocenters. The molecule has 0 spiro atoms. The van der Waals surface area contributed by atoms with E-state index < -0.39 is 0 Å². The molecular weight excluding hydrogens is 290 g/mol. The summed E-state index contributed by atoms with van der Waals surface area (Å²) in [6, 6.07) is 8.47. The standard InChI is InChI=1S/C15H20BrNO/c1-4-10(2)9-17-11(3)15-8-12-7-13(16)5-6-14(12)18-15/h5-8,10-11,17H,4,9H2,1-3H3. The van der Waals surface area contributed by atoms with E-state index in [9.17, 15) is 0 Å². The Morgan fingerprint density at radius 1 is 1.28 bits per heavy atom. The van der Waals surface area contributed by atoms with E-state index >= 15 is 0 Å². The fourth-order valence-electron chi connectivity index (χ4n) is 1.87. The smallest absolute Gasteiger partial charge is 0.134 e. The fraction of sp³-hybridized carbons (Fsp3) is 0.467. The Kier molecular flexibility index (Phi) is 4.46. The minimum Gasteiger partial charge on any atom is -0.459 e. The molecule has 3 heteroatoms. The van der Waals surface area contributed by atoms with E-state index in [2.05, 4.69) is 54.2 Å². The molecule has 0 saturated heterocycles. The molecule has 2 rings (SSSR count). The van der Waals surface area contributed by atoms with Gasteiger partial charge >= 0.3 is 0 Å². The van der Waals surface area contributed by atoms with Gasteiger partial charge in [-0.15, -0.1) is 0 Å². The third-order valence-corrected chi connectivity index (χ3v) is 3.89. The predicted molar refractivity (Wildman–Crippen MR) is 79.8 cm³/mol. The maximum Gasteiger partial charge on any atom is 0.134 e. The van der Waals surface area contributed by atoms with Crippen LogP contribution in [0.25, 0.3) is 11.0 Å². The molecule has 0 radical (unpaired) electrons. The van der Waals surface area contributed by atoms with Gasteiger partial charge in [-0.25, -0.2) is 0 Å². The molecule has 0 fully saturated rings. The van der Waals surface area contributed by atoms with Gasteiger partial charge in [-0.05, 0) is 43.7 Å². The number of fused-ring (bicyclic) bond motifs is 1. The van der Waals surface area contributed by atoms with Crippen LogP contribution in [0.2, 0.25) is 0 Å². The van der Waals surface area contributed by atoms with Crippen molar-refractivity contribution in [3.8, 4) is 0 Å². The summed E-state index contributed by atoms with van der Waals surface area (Å²) in [6.07, 6.45) is 1.20. The largest absolute Gasteiger partial charge is 0.459 e. The van der Waals surface area contributed by atoms with Gasteiger partial charge in [0.1, 0.15) is 11.3 Å². The molecule has 2 aromatic rings. The Balaban J connectivity index is 2.10. The van der Waals surface area contributed by atoms with Gasteiger partial charge in [0, 0.05) is 9.86 Å². The van der Waals surface area contributed by atoms with Crippen molar-refractivity contribution in [2.24, 2.45) is 5.92 Å². The first kappa shape index (κ1) is 13.6. The molecule has 0 aliphatic carbocycles. The lowest BCUT2D eigenvalue weighted by Gasteiger charge is -2.14. The number of hydrogen-bond acceptors (Lipinski definition) is 2. The quantitative estimate of drug-likeness (QED) is 0.850. The lowest BCUT2D eigenvalue weighted by Crippen LogP contribution is -2.23. The molecule has 98 valence electrons. The van der Waals surface area contributed by atoms with Crippen LogP contribution in [0.4, 0.5) is 0 Å². The highest BCUT2D eigenvalue weighted by molar-refractivity contribution is 9.10. The van der Waals surface area contributed by atoms with Crippen LogP contribution in [0, 0.1) is 5.92 Å². The molecule has 0 amide bonds. The maximum absolute atomic E-state index is 5.87. The Labute approximate surface area is 117 Å². The van der Waals surface area contributed by atoms with Crippen molar-refractivity contribution < 1.29 is 4.42 Å². The van der Waals surface area contributed by atoms with E-state index in [-0.39, 0.29) is 6.04 Å². The van der Waals surface area contributed by atoms with E-state index in [1.54, 1.807) is 0 Å². The molecular formula is C15H20BrNO. The van der Waals surface area contributed by atoms with Crippen molar-refractivity contribution in [2.45, 2.75) is 33.2 Å². The van der Waals surface area contributed by atoms with Crippen LogP contribution in [0.3, 0.4) is 0 Å². The normalized spacial score (nSPS) is 14.9. The van der Waals surface area contributed by atoms with Crippen LogP contribution in [0.5, 0.6) is 0 Å². The number of rotatable bonds is 5. The third kappa shape index (κ3) is 3.15. The van der Waals surface area contributed by atoms with Crippen molar-refractivity contribution in [1.29, 1.82) is 0 Å². The highest BCUT2D eigenvalue weighted by Gasteiger charge is 2.12. The Morgan fingerprint density at radius 3 is 2.78 bits per heavy atom. The molecule has 0 saturated carbocycles. The van der Waals surface area contributed by atoms with Crippen molar-refractivity contribution >= 4 is 26.9 Å². The summed E-state index contributed by atoms with van der Waals surface area (Å²) in [7, 11) is 0. The van der Waals surface area contributed by atoms with E-state index in [1.165, 1.54) is 6.42 Å². The molecule has 1 heterocycles. The number of benzene rings is 1. The highest BCUT2D eigenvalue weighted by Crippen LogP contribution is 2.26. The summed E-state index contributed by atoms with van der Waals surface area (Å²) < 4.78 is 6.95. The topological polar surface area (TPSA) is 25.2 Å². The first-order valence-corrected chi connectivity index (χ1v) is 7.31. The molecule has 18 heavy (non-hydrogen) atoms. The van der Waals surface area contributed by atoms with Gasteiger partial charge in [-0.3, -0.25) is 0 Å². The Morgan fingerprint density at radius 2 is 2.06 bits per heavy atom. The lowest BCUT2D eigenvalue weighted by atomic mass is 10.1. The van der Waals surface area contributed by atoms with Crippen LogP contribution in [-0.2, 0) is 0 Å². The van der Waals surface area contributed by atoms with Gasteiger partial charge < -0.3 is 9.73 Å². The summed E-state index contributed by atoms with van der Waals surface area (Å²) in [5, 5.41) is 4.67. The molecule has 0 aliphatic heterocycles. The first-order valence-electron chi connectivity index (χ1n) is 6.52. The zero-order valence-electron chi connectivity index (χ0n) is 11.2. The number of hydrogen-bond donors (Lipinski definition) is 1. The van der Waals surface area contributed by atoms with Gasteiger partial charge in [0.05, 0.1) is 6.04 Å². The van der Waals surface area contributed by atoms with Crippen LogP contribution < -0.4 is 5.32 Å².